The number of methoxy groups -OCH3 is 4. The normalized spacial score (nSPS) is 10.2. The van der Waals surface area contributed by atoms with E-state index in [2.05, 4.69) is 48.5 Å². The first-order valence-electron chi connectivity index (χ1n) is 11.1. The zero-order valence-electron chi connectivity index (χ0n) is 21.1. The summed E-state index contributed by atoms with van der Waals surface area (Å²) in [6, 6.07) is 32.2. The molecule has 0 bridgehead atoms. The molecule has 0 unspecified atom stereocenters. The zero-order chi connectivity index (χ0) is 25.9. The molecule has 0 saturated carbocycles. The predicted molar refractivity (Wildman–Crippen MR) is 157 cm³/mol. The molecule has 0 spiro atoms. The summed E-state index contributed by atoms with van der Waals surface area (Å²) >= 11 is -4.45. The molecular weight excluding hydrogens is 725 g/mol. The maximum Gasteiger partial charge on any atom is -0.412 e. The van der Waals surface area contributed by atoms with E-state index in [-0.39, 0.29) is 5.48 Å². The van der Waals surface area contributed by atoms with Gasteiger partial charge in [-0.15, -0.1) is 0 Å². The van der Waals surface area contributed by atoms with E-state index in [9.17, 15) is 0 Å². The Morgan fingerprint density at radius 2 is 0.541 bits per heavy atom. The molecule has 9 heteroatoms. The first-order valence-corrected chi connectivity index (χ1v) is 24.0. The average Bonchev–Trinajstić information content (AvgIpc) is 2.97. The fourth-order valence-corrected chi connectivity index (χ4v) is 13.8. The van der Waals surface area contributed by atoms with Crippen LogP contribution in [0.5, 0.6) is 23.0 Å². The summed E-state index contributed by atoms with van der Waals surface area (Å²) in [5, 5.41) is 0. The monoisotopic (exact) mass is 756 g/mol. The Morgan fingerprint density at radius 1 is 0.378 bits per heavy atom. The Balaban J connectivity index is 0.000000253. The third-order valence-electron chi connectivity index (χ3n) is 5.37. The van der Waals surface area contributed by atoms with Crippen molar-refractivity contribution in [3.05, 3.63) is 97.1 Å². The molecule has 4 rings (SSSR count). The molecule has 0 heterocycles. The van der Waals surface area contributed by atoms with Crippen molar-refractivity contribution in [3.8, 4) is 23.0 Å². The van der Waals surface area contributed by atoms with Crippen LogP contribution in [0.4, 0.5) is 0 Å². The molecule has 0 atom stereocenters. The molecule has 194 valence electrons. The van der Waals surface area contributed by atoms with Crippen LogP contribution in [0.1, 0.15) is 0 Å². The third kappa shape index (κ3) is 9.17. The number of hydrogen-bond donors (Lipinski definition) is 0. The van der Waals surface area contributed by atoms with Crippen LogP contribution in [-0.2, 0) is 0 Å². The summed E-state index contributed by atoms with van der Waals surface area (Å²) in [4.78, 5) is 0. The van der Waals surface area contributed by atoms with Gasteiger partial charge in [0.15, 0.2) is 0 Å². The molecule has 4 aromatic carbocycles. The van der Waals surface area contributed by atoms with Crippen molar-refractivity contribution >= 4 is 69.4 Å². The van der Waals surface area contributed by atoms with Crippen molar-refractivity contribution < 1.29 is 24.4 Å². The molecule has 0 aliphatic heterocycles. The SMILES string of the molecule is COc1cc[c]([Sn]([Cl])[c]2ccc(OC)cc2)cc1.COc1cc[c]([Sn]([Cl])[c]2ccc(OC)cc2)cc1.O. The summed E-state index contributed by atoms with van der Waals surface area (Å²) in [5.74, 6) is 3.45. The molecule has 0 amide bonds. The fraction of sp³-hybridized carbons (Fsp3) is 0.143. The molecule has 0 aromatic heterocycles. The van der Waals surface area contributed by atoms with E-state index < -0.39 is 37.3 Å². The van der Waals surface area contributed by atoms with Crippen molar-refractivity contribution in [2.24, 2.45) is 0 Å². The van der Waals surface area contributed by atoms with Crippen LogP contribution in [0, 0.1) is 0 Å². The van der Waals surface area contributed by atoms with Gasteiger partial charge in [0, 0.05) is 0 Å². The summed E-state index contributed by atoms with van der Waals surface area (Å²) in [5.41, 5.74) is 0. The maximum absolute atomic E-state index is 6.64. The minimum atomic E-state index is -2.23. The fourth-order valence-electron chi connectivity index (χ4n) is 3.28. The van der Waals surface area contributed by atoms with Crippen molar-refractivity contribution in [3.63, 3.8) is 0 Å². The summed E-state index contributed by atoms with van der Waals surface area (Å²) in [6.45, 7) is 0. The van der Waals surface area contributed by atoms with Gasteiger partial charge in [0.1, 0.15) is 0 Å². The predicted octanol–water partition coefficient (Wildman–Crippen LogP) is 3.27. The average molecular weight is 755 g/mol. The Kier molecular flexibility index (Phi) is 13.8. The second-order valence-electron chi connectivity index (χ2n) is 7.54. The van der Waals surface area contributed by atoms with Crippen LogP contribution in [-0.4, -0.2) is 71.2 Å². The van der Waals surface area contributed by atoms with Crippen LogP contribution < -0.4 is 33.3 Å². The van der Waals surface area contributed by atoms with Gasteiger partial charge in [-0.1, -0.05) is 0 Å². The maximum atomic E-state index is 6.64. The molecular formula is C28H30Cl2O5Sn2. The molecule has 4 aromatic rings. The van der Waals surface area contributed by atoms with Gasteiger partial charge >= 0.3 is 237 Å². The Labute approximate surface area is 240 Å². The van der Waals surface area contributed by atoms with E-state index >= 15 is 0 Å². The molecule has 0 aliphatic rings. The molecule has 37 heavy (non-hydrogen) atoms. The van der Waals surface area contributed by atoms with E-state index in [1.54, 1.807) is 28.4 Å². The molecule has 2 radical (unpaired) electrons. The zero-order valence-corrected chi connectivity index (χ0v) is 28.3. The minimum Gasteiger partial charge on any atom is -0.412 e. The van der Waals surface area contributed by atoms with Gasteiger partial charge in [0.25, 0.3) is 0 Å². The Bertz CT molecular complexity index is 997. The van der Waals surface area contributed by atoms with E-state index in [0.717, 1.165) is 23.0 Å². The first kappa shape index (κ1) is 31.4. The van der Waals surface area contributed by atoms with Crippen LogP contribution in [0.3, 0.4) is 0 Å². The molecule has 0 aliphatic carbocycles. The number of halogens is 2. The van der Waals surface area contributed by atoms with Crippen molar-refractivity contribution in [2.45, 2.75) is 0 Å². The van der Waals surface area contributed by atoms with Gasteiger partial charge < -0.3 is 5.48 Å². The number of benzene rings is 4. The van der Waals surface area contributed by atoms with Crippen LogP contribution in [0.25, 0.3) is 0 Å². The number of hydrogen-bond acceptors (Lipinski definition) is 4. The van der Waals surface area contributed by atoms with Gasteiger partial charge in [-0.3, -0.25) is 0 Å². The topological polar surface area (TPSA) is 68.4 Å². The van der Waals surface area contributed by atoms with E-state index in [4.69, 9.17) is 36.8 Å². The van der Waals surface area contributed by atoms with Crippen molar-refractivity contribution in [1.29, 1.82) is 0 Å². The molecule has 0 saturated heterocycles. The second kappa shape index (κ2) is 16.2. The molecule has 5 nitrogen and oxygen atoms in total. The van der Waals surface area contributed by atoms with Gasteiger partial charge in [-0.05, 0) is 0 Å². The Hall–Kier alpha value is -1.78. The molecule has 0 fully saturated rings. The van der Waals surface area contributed by atoms with E-state index in [1.807, 2.05) is 48.5 Å². The Morgan fingerprint density at radius 3 is 0.676 bits per heavy atom. The smallest absolute Gasteiger partial charge is 0.412 e. The second-order valence-corrected chi connectivity index (χ2v) is 22.8. The summed E-state index contributed by atoms with van der Waals surface area (Å²) < 4.78 is 25.6. The molecule has 2 N–H and O–H groups in total. The minimum absolute atomic E-state index is 0. The van der Waals surface area contributed by atoms with Gasteiger partial charge in [-0.2, -0.15) is 0 Å². The van der Waals surface area contributed by atoms with Gasteiger partial charge in [0.2, 0.25) is 0 Å². The standard InChI is InChI=1S/4C7H7O.2ClH.H2O.2Sn/c4*1-8-7-5-3-2-4-6-7;;;;;/h4*3-6H,1H3;2*1H;1H2;;/q;;;;;;;2*+1/p-2. The quantitative estimate of drug-likeness (QED) is 0.260. The van der Waals surface area contributed by atoms with E-state index in [0.29, 0.717) is 0 Å². The van der Waals surface area contributed by atoms with Crippen LogP contribution in [0.2, 0.25) is 0 Å². The van der Waals surface area contributed by atoms with Crippen LogP contribution >= 0.6 is 17.8 Å². The summed E-state index contributed by atoms with van der Waals surface area (Å²) in [6.07, 6.45) is 0. The van der Waals surface area contributed by atoms with Crippen molar-refractivity contribution in [2.75, 3.05) is 28.4 Å². The van der Waals surface area contributed by atoms with Gasteiger partial charge in [0.05, 0.1) is 0 Å². The number of rotatable bonds is 8. The first-order chi connectivity index (χ1) is 17.5. The van der Waals surface area contributed by atoms with E-state index in [1.165, 1.54) is 14.3 Å². The number of ether oxygens (including phenoxy) is 4. The van der Waals surface area contributed by atoms with Crippen LogP contribution in [0.15, 0.2) is 97.1 Å². The third-order valence-corrected chi connectivity index (χ3v) is 20.8. The van der Waals surface area contributed by atoms with Gasteiger partial charge in [-0.25, -0.2) is 0 Å². The summed E-state index contributed by atoms with van der Waals surface area (Å²) in [7, 11) is 19.9. The largest absolute Gasteiger partial charge is 0.412 e. The van der Waals surface area contributed by atoms with Crippen molar-refractivity contribution in [1.82, 2.24) is 0 Å².